The first kappa shape index (κ1) is 16.3. The third-order valence-corrected chi connectivity index (χ3v) is 3.71. The third kappa shape index (κ3) is 3.22. The van der Waals surface area contributed by atoms with Crippen LogP contribution in [0.25, 0.3) is 0 Å². The second kappa shape index (κ2) is 5.96. The van der Waals surface area contributed by atoms with Crippen molar-refractivity contribution in [3.63, 3.8) is 0 Å². The zero-order valence-corrected chi connectivity index (χ0v) is 11.6. The zero-order valence-electron chi connectivity index (χ0n) is 11.6. The Labute approximate surface area is 124 Å². The van der Waals surface area contributed by atoms with Gasteiger partial charge in [-0.05, 0) is 18.9 Å². The second-order valence-electron chi connectivity index (χ2n) is 5.35. The number of nitrogens with zero attached hydrogens (tertiary/aromatic N) is 1. The molecule has 2 amide bonds. The summed E-state index contributed by atoms with van der Waals surface area (Å²) in [7, 11) is 0. The maximum Gasteiger partial charge on any atom is 0.251 e. The van der Waals surface area contributed by atoms with Crippen molar-refractivity contribution in [1.29, 1.82) is 0 Å². The molecule has 22 heavy (non-hydrogen) atoms. The van der Waals surface area contributed by atoms with Gasteiger partial charge in [0.05, 0.1) is 13.0 Å². The van der Waals surface area contributed by atoms with Gasteiger partial charge in [0.15, 0.2) is 17.2 Å². The molecule has 1 saturated heterocycles. The Morgan fingerprint density at radius 1 is 1.23 bits per heavy atom. The fourth-order valence-electron chi connectivity index (χ4n) is 2.42. The molecule has 0 spiro atoms. The molecule has 1 atom stereocenters. The van der Waals surface area contributed by atoms with Crippen molar-refractivity contribution < 1.29 is 27.9 Å². The summed E-state index contributed by atoms with van der Waals surface area (Å²) >= 11 is 0. The molecule has 0 saturated carbocycles. The molecule has 5 nitrogen and oxygen atoms in total. The average Bonchev–Trinajstić information content (AvgIpc) is 2.44. The highest BCUT2D eigenvalue weighted by Crippen LogP contribution is 2.22. The number of likely N-dealkylation sites (tertiary alicyclic amines) is 1. The van der Waals surface area contributed by atoms with E-state index in [9.17, 15) is 27.9 Å². The minimum Gasteiger partial charge on any atom is -0.378 e. The summed E-state index contributed by atoms with van der Waals surface area (Å²) in [5, 5.41) is 10.0. The van der Waals surface area contributed by atoms with Crippen molar-refractivity contribution in [1.82, 2.24) is 4.90 Å². The van der Waals surface area contributed by atoms with Crippen molar-refractivity contribution in [3.05, 3.63) is 35.1 Å². The molecule has 2 rings (SSSR count). The Morgan fingerprint density at radius 3 is 2.50 bits per heavy atom. The summed E-state index contributed by atoms with van der Waals surface area (Å²) in [5.74, 6) is -5.17. The van der Waals surface area contributed by atoms with E-state index in [0.717, 1.165) is 4.90 Å². The van der Waals surface area contributed by atoms with Crippen LogP contribution in [0.2, 0.25) is 0 Å². The normalized spacial score (nSPS) is 21.7. The van der Waals surface area contributed by atoms with E-state index in [4.69, 9.17) is 5.73 Å². The van der Waals surface area contributed by atoms with Gasteiger partial charge < -0.3 is 15.7 Å². The topological polar surface area (TPSA) is 83.6 Å². The lowest BCUT2D eigenvalue weighted by Gasteiger charge is -2.37. The van der Waals surface area contributed by atoms with E-state index in [1.54, 1.807) is 0 Å². The highest BCUT2D eigenvalue weighted by molar-refractivity contribution is 5.85. The van der Waals surface area contributed by atoms with Crippen molar-refractivity contribution in [3.8, 4) is 0 Å². The lowest BCUT2D eigenvalue weighted by atomic mass is 9.92. The van der Waals surface area contributed by atoms with Crippen molar-refractivity contribution in [2.75, 3.05) is 13.1 Å². The number of β-amino-alcohol motifs (C(OH)–C–C–N with tert-alkyl or cyclic N) is 1. The Kier molecular flexibility index (Phi) is 4.41. The van der Waals surface area contributed by atoms with Crippen LogP contribution in [0.4, 0.5) is 13.2 Å². The SMILES string of the molecule is NC(=O)[C@@]1(O)CCCN(C(=O)Cc2cc(F)c(F)cc2F)C1. The molecular weight excluding hydrogens is 301 g/mol. The standard InChI is InChI=1S/C14H15F3N2O3/c15-9-6-11(17)10(16)4-8(9)5-12(20)19-3-1-2-14(22,7-19)13(18)21/h4,6,22H,1-3,5,7H2,(H2,18,21)/t14-/m1/s1. The van der Waals surface area contributed by atoms with Crippen LogP contribution in [0.3, 0.4) is 0 Å². The molecule has 1 fully saturated rings. The lowest BCUT2D eigenvalue weighted by Crippen LogP contribution is -2.57. The van der Waals surface area contributed by atoms with Crippen molar-refractivity contribution in [2.24, 2.45) is 5.73 Å². The maximum absolute atomic E-state index is 13.5. The molecule has 1 aromatic rings. The fraction of sp³-hybridized carbons (Fsp3) is 0.429. The van der Waals surface area contributed by atoms with E-state index in [-0.39, 0.29) is 25.1 Å². The lowest BCUT2D eigenvalue weighted by molar-refractivity contribution is -0.148. The first-order valence-electron chi connectivity index (χ1n) is 6.66. The maximum atomic E-state index is 13.5. The van der Waals surface area contributed by atoms with Crippen LogP contribution in [0, 0.1) is 17.5 Å². The highest BCUT2D eigenvalue weighted by atomic mass is 19.2. The molecule has 1 aliphatic heterocycles. The van der Waals surface area contributed by atoms with Gasteiger partial charge in [0.25, 0.3) is 5.91 Å². The number of hydrogen-bond acceptors (Lipinski definition) is 3. The minimum atomic E-state index is -1.82. The number of piperidine rings is 1. The monoisotopic (exact) mass is 316 g/mol. The zero-order chi connectivity index (χ0) is 16.5. The van der Waals surface area contributed by atoms with Crippen LogP contribution in [0.15, 0.2) is 12.1 Å². The minimum absolute atomic E-state index is 0.131. The predicted molar refractivity (Wildman–Crippen MR) is 70.0 cm³/mol. The van der Waals surface area contributed by atoms with Gasteiger partial charge in [-0.25, -0.2) is 13.2 Å². The van der Waals surface area contributed by atoms with Crippen LogP contribution in [-0.2, 0) is 16.0 Å². The molecule has 0 aliphatic carbocycles. The van der Waals surface area contributed by atoms with E-state index < -0.39 is 41.3 Å². The first-order valence-corrected chi connectivity index (χ1v) is 6.66. The molecule has 3 N–H and O–H groups in total. The largest absolute Gasteiger partial charge is 0.378 e. The Bertz CT molecular complexity index is 624. The number of amides is 2. The van der Waals surface area contributed by atoms with Gasteiger partial charge in [-0.1, -0.05) is 0 Å². The molecular formula is C14H15F3N2O3. The number of carbonyl (C=O) groups excluding carboxylic acids is 2. The van der Waals surface area contributed by atoms with Gasteiger partial charge >= 0.3 is 0 Å². The number of primary amides is 1. The van der Waals surface area contributed by atoms with Crippen LogP contribution >= 0.6 is 0 Å². The predicted octanol–water partition coefficient (Wildman–Crippen LogP) is 0.485. The number of hydrogen-bond donors (Lipinski definition) is 2. The Balaban J connectivity index is 2.12. The summed E-state index contributed by atoms with van der Waals surface area (Å²) in [4.78, 5) is 24.5. The molecule has 8 heteroatoms. The number of benzene rings is 1. The molecule has 0 bridgehead atoms. The number of halogens is 3. The summed E-state index contributed by atoms with van der Waals surface area (Å²) in [6.45, 7) is -0.0355. The Morgan fingerprint density at radius 2 is 1.86 bits per heavy atom. The molecule has 1 heterocycles. The van der Waals surface area contributed by atoms with Gasteiger partial charge in [0.1, 0.15) is 5.82 Å². The molecule has 0 radical (unpaired) electrons. The summed E-state index contributed by atoms with van der Waals surface area (Å²) in [6.07, 6.45) is -0.0189. The van der Waals surface area contributed by atoms with Gasteiger partial charge in [-0.15, -0.1) is 0 Å². The van der Waals surface area contributed by atoms with Crippen LogP contribution in [0.5, 0.6) is 0 Å². The smallest absolute Gasteiger partial charge is 0.251 e. The second-order valence-corrected chi connectivity index (χ2v) is 5.35. The number of nitrogens with two attached hydrogens (primary N) is 1. The molecule has 120 valence electrons. The van der Waals surface area contributed by atoms with E-state index in [2.05, 4.69) is 0 Å². The average molecular weight is 316 g/mol. The first-order chi connectivity index (χ1) is 10.2. The number of aliphatic hydroxyl groups is 1. The van der Waals surface area contributed by atoms with Gasteiger partial charge in [0, 0.05) is 18.2 Å². The molecule has 0 unspecified atom stereocenters. The van der Waals surface area contributed by atoms with E-state index in [1.807, 2.05) is 0 Å². The summed E-state index contributed by atoms with van der Waals surface area (Å²) in [6, 6.07) is 0.987. The van der Waals surface area contributed by atoms with Crippen molar-refractivity contribution in [2.45, 2.75) is 24.9 Å². The number of carbonyl (C=O) groups is 2. The molecule has 1 aromatic carbocycles. The Hall–Kier alpha value is -2.09. The third-order valence-electron chi connectivity index (χ3n) is 3.71. The van der Waals surface area contributed by atoms with Gasteiger partial charge in [0.2, 0.25) is 5.91 Å². The van der Waals surface area contributed by atoms with E-state index in [0.29, 0.717) is 18.6 Å². The molecule has 0 aromatic heterocycles. The van der Waals surface area contributed by atoms with Gasteiger partial charge in [-0.2, -0.15) is 0 Å². The summed E-state index contributed by atoms with van der Waals surface area (Å²) < 4.78 is 39.5. The van der Waals surface area contributed by atoms with Crippen molar-refractivity contribution >= 4 is 11.8 Å². The van der Waals surface area contributed by atoms with E-state index in [1.165, 1.54) is 0 Å². The van der Waals surface area contributed by atoms with Gasteiger partial charge in [-0.3, -0.25) is 9.59 Å². The van der Waals surface area contributed by atoms with Crippen LogP contribution in [0.1, 0.15) is 18.4 Å². The fourth-order valence-corrected chi connectivity index (χ4v) is 2.42. The quantitative estimate of drug-likeness (QED) is 0.796. The summed E-state index contributed by atoms with van der Waals surface area (Å²) in [5.41, 5.74) is 2.99. The number of rotatable bonds is 3. The van der Waals surface area contributed by atoms with E-state index >= 15 is 0 Å². The highest BCUT2D eigenvalue weighted by Gasteiger charge is 2.40. The molecule has 1 aliphatic rings. The van der Waals surface area contributed by atoms with Crippen LogP contribution in [-0.4, -0.2) is 40.5 Å². The van der Waals surface area contributed by atoms with Crippen LogP contribution < -0.4 is 5.73 Å².